The molecule has 21 heavy (non-hydrogen) atoms. The van der Waals surface area contributed by atoms with E-state index in [4.69, 9.17) is 0 Å². The summed E-state index contributed by atoms with van der Waals surface area (Å²) in [6.07, 6.45) is 2.01. The van der Waals surface area contributed by atoms with Crippen LogP contribution in [-0.2, 0) is 0 Å². The number of imide groups is 1. The zero-order valence-electron chi connectivity index (χ0n) is 12.5. The maximum absolute atomic E-state index is 12.1. The molecule has 0 atom stereocenters. The van der Waals surface area contributed by atoms with Crippen molar-refractivity contribution >= 4 is 17.7 Å². The van der Waals surface area contributed by atoms with E-state index in [-0.39, 0.29) is 0 Å². The van der Waals surface area contributed by atoms with Crippen LogP contribution in [0, 0.1) is 0 Å². The number of urea groups is 2. The first-order valence-electron chi connectivity index (χ1n) is 7.22. The minimum atomic E-state index is -0.435. The molecule has 2 rings (SSSR count). The lowest BCUT2D eigenvalue weighted by molar-refractivity contribution is 0.236. The van der Waals surface area contributed by atoms with Gasteiger partial charge in [-0.25, -0.2) is 14.5 Å². The van der Waals surface area contributed by atoms with Gasteiger partial charge in [0.1, 0.15) is 0 Å². The molecule has 0 bridgehead atoms. The summed E-state index contributed by atoms with van der Waals surface area (Å²) in [7, 11) is 3.04. The molecule has 1 aromatic rings. The molecule has 1 saturated heterocycles. The summed E-state index contributed by atoms with van der Waals surface area (Å²) in [5.74, 6) is 0.360. The average Bonchev–Trinajstić information content (AvgIpc) is 2.56. The maximum Gasteiger partial charge on any atom is 0.329 e. The van der Waals surface area contributed by atoms with E-state index in [1.165, 1.54) is 14.1 Å². The molecule has 6 nitrogen and oxygen atoms in total. The normalized spacial score (nSPS) is 15.3. The highest BCUT2D eigenvalue weighted by Gasteiger charge is 2.27. The van der Waals surface area contributed by atoms with E-state index in [0.717, 1.165) is 36.4 Å². The summed E-state index contributed by atoms with van der Waals surface area (Å²) in [6, 6.07) is 6.75. The molecular formula is C15H22N4O2. The van der Waals surface area contributed by atoms with Crippen LogP contribution < -0.4 is 20.9 Å². The Labute approximate surface area is 124 Å². The molecule has 0 spiro atoms. The summed E-state index contributed by atoms with van der Waals surface area (Å²) in [6.45, 7) is 1.91. The highest BCUT2D eigenvalue weighted by molar-refractivity contribution is 6.13. The fourth-order valence-corrected chi connectivity index (χ4v) is 2.70. The number of rotatable bonds is 2. The second-order valence-electron chi connectivity index (χ2n) is 5.03. The number of para-hydroxylation sites is 1. The average molecular weight is 290 g/mol. The Morgan fingerprint density at radius 1 is 1.10 bits per heavy atom. The van der Waals surface area contributed by atoms with Crippen LogP contribution >= 0.6 is 0 Å². The number of carbonyl (C=O) groups excluding carboxylic acids is 2. The number of benzene rings is 1. The van der Waals surface area contributed by atoms with Crippen molar-refractivity contribution in [2.45, 2.75) is 18.8 Å². The van der Waals surface area contributed by atoms with E-state index in [0.29, 0.717) is 11.6 Å². The number of nitrogens with zero attached hydrogens (tertiary/aromatic N) is 1. The highest BCUT2D eigenvalue weighted by atomic mass is 16.2. The van der Waals surface area contributed by atoms with Crippen LogP contribution in [0.1, 0.15) is 24.3 Å². The lowest BCUT2D eigenvalue weighted by Crippen LogP contribution is -2.47. The minimum Gasteiger partial charge on any atom is -0.340 e. The number of carbonyl (C=O) groups is 2. The van der Waals surface area contributed by atoms with Crippen LogP contribution in [-0.4, -0.2) is 39.2 Å². The Balaban J connectivity index is 2.40. The third kappa shape index (κ3) is 3.33. The monoisotopic (exact) mass is 290 g/mol. The van der Waals surface area contributed by atoms with Crippen LogP contribution in [0.5, 0.6) is 0 Å². The fourth-order valence-electron chi connectivity index (χ4n) is 2.70. The molecule has 1 aliphatic rings. The molecule has 0 aromatic heterocycles. The van der Waals surface area contributed by atoms with Crippen molar-refractivity contribution in [1.82, 2.24) is 16.0 Å². The van der Waals surface area contributed by atoms with Gasteiger partial charge in [0, 0.05) is 14.1 Å². The molecule has 6 heteroatoms. The van der Waals surface area contributed by atoms with E-state index >= 15 is 0 Å². The van der Waals surface area contributed by atoms with Gasteiger partial charge in [-0.1, -0.05) is 18.2 Å². The Morgan fingerprint density at radius 2 is 1.67 bits per heavy atom. The lowest BCUT2D eigenvalue weighted by Gasteiger charge is -2.28. The zero-order valence-corrected chi connectivity index (χ0v) is 12.5. The zero-order chi connectivity index (χ0) is 15.2. The Hall–Kier alpha value is -2.08. The van der Waals surface area contributed by atoms with Crippen molar-refractivity contribution in [2.75, 3.05) is 32.1 Å². The third-order valence-electron chi connectivity index (χ3n) is 3.79. The van der Waals surface area contributed by atoms with Crippen LogP contribution in [0.2, 0.25) is 0 Å². The van der Waals surface area contributed by atoms with Crippen LogP contribution in [0.15, 0.2) is 24.3 Å². The molecule has 0 saturated carbocycles. The molecule has 1 aliphatic heterocycles. The summed E-state index contributed by atoms with van der Waals surface area (Å²) >= 11 is 0. The number of amides is 4. The molecule has 1 fully saturated rings. The maximum atomic E-state index is 12.1. The first-order chi connectivity index (χ1) is 10.2. The quantitative estimate of drug-likeness (QED) is 0.775. The molecule has 4 amide bonds. The lowest BCUT2D eigenvalue weighted by atomic mass is 9.89. The SMILES string of the molecule is CNC(=O)N(C(=O)NC)c1ccccc1C1CCNCC1. The molecular weight excluding hydrogens is 268 g/mol. The van der Waals surface area contributed by atoms with Gasteiger partial charge in [0.05, 0.1) is 5.69 Å². The summed E-state index contributed by atoms with van der Waals surface area (Å²) in [5, 5.41) is 8.37. The van der Waals surface area contributed by atoms with Crippen molar-refractivity contribution in [3.8, 4) is 0 Å². The number of nitrogens with one attached hydrogen (secondary N) is 3. The largest absolute Gasteiger partial charge is 0.340 e. The van der Waals surface area contributed by atoms with E-state index in [1.54, 1.807) is 0 Å². The Kier molecular flexibility index (Phi) is 5.16. The standard InChI is InChI=1S/C15H22N4O2/c1-16-14(20)19(15(21)17-2)13-6-4-3-5-12(13)11-7-9-18-10-8-11/h3-6,11,18H,7-10H2,1-2H3,(H,16,20)(H,17,21). The molecule has 0 unspecified atom stereocenters. The van der Waals surface area contributed by atoms with Gasteiger partial charge in [-0.3, -0.25) is 0 Å². The van der Waals surface area contributed by atoms with E-state index in [1.807, 2.05) is 24.3 Å². The molecule has 114 valence electrons. The van der Waals surface area contributed by atoms with Gasteiger partial charge in [-0.05, 0) is 43.5 Å². The first-order valence-corrected chi connectivity index (χ1v) is 7.22. The van der Waals surface area contributed by atoms with Gasteiger partial charge in [0.2, 0.25) is 0 Å². The van der Waals surface area contributed by atoms with E-state index in [9.17, 15) is 9.59 Å². The van der Waals surface area contributed by atoms with Gasteiger partial charge < -0.3 is 16.0 Å². The van der Waals surface area contributed by atoms with E-state index < -0.39 is 12.1 Å². The second-order valence-corrected chi connectivity index (χ2v) is 5.03. The molecule has 3 N–H and O–H groups in total. The van der Waals surface area contributed by atoms with Crippen LogP contribution in [0.3, 0.4) is 0 Å². The van der Waals surface area contributed by atoms with Gasteiger partial charge in [0.15, 0.2) is 0 Å². The highest BCUT2D eigenvalue weighted by Crippen LogP contribution is 2.33. The van der Waals surface area contributed by atoms with Gasteiger partial charge in [-0.2, -0.15) is 0 Å². The van der Waals surface area contributed by atoms with Gasteiger partial charge >= 0.3 is 12.1 Å². The summed E-state index contributed by atoms with van der Waals surface area (Å²) < 4.78 is 0. The van der Waals surface area contributed by atoms with Crippen molar-refractivity contribution in [2.24, 2.45) is 0 Å². The smallest absolute Gasteiger partial charge is 0.329 e. The van der Waals surface area contributed by atoms with E-state index in [2.05, 4.69) is 16.0 Å². The Bertz CT molecular complexity index is 496. The van der Waals surface area contributed by atoms with Gasteiger partial charge in [0.25, 0.3) is 0 Å². The molecule has 0 aliphatic carbocycles. The predicted molar refractivity (Wildman–Crippen MR) is 82.7 cm³/mol. The predicted octanol–water partition coefficient (Wildman–Crippen LogP) is 1.64. The number of piperidine rings is 1. The number of hydrogen-bond acceptors (Lipinski definition) is 3. The second kappa shape index (κ2) is 7.08. The van der Waals surface area contributed by atoms with Crippen molar-refractivity contribution in [3.63, 3.8) is 0 Å². The summed E-state index contributed by atoms with van der Waals surface area (Å²) in [4.78, 5) is 25.3. The number of anilines is 1. The molecule has 0 radical (unpaired) electrons. The molecule has 1 aromatic carbocycles. The molecule has 1 heterocycles. The van der Waals surface area contributed by atoms with Crippen LogP contribution in [0.25, 0.3) is 0 Å². The van der Waals surface area contributed by atoms with Crippen molar-refractivity contribution in [1.29, 1.82) is 0 Å². The topological polar surface area (TPSA) is 73.5 Å². The minimum absolute atomic E-state index is 0.360. The van der Waals surface area contributed by atoms with Crippen molar-refractivity contribution < 1.29 is 9.59 Å². The van der Waals surface area contributed by atoms with Crippen molar-refractivity contribution in [3.05, 3.63) is 29.8 Å². The number of hydrogen-bond donors (Lipinski definition) is 3. The third-order valence-corrected chi connectivity index (χ3v) is 3.79. The van der Waals surface area contributed by atoms with Gasteiger partial charge in [-0.15, -0.1) is 0 Å². The first kappa shape index (κ1) is 15.3. The van der Waals surface area contributed by atoms with Crippen LogP contribution in [0.4, 0.5) is 15.3 Å². The summed E-state index contributed by atoms with van der Waals surface area (Å²) in [5.41, 5.74) is 1.70. The fraction of sp³-hybridized carbons (Fsp3) is 0.467. The Morgan fingerprint density at radius 3 is 2.24 bits per heavy atom.